The maximum atomic E-state index is 13.5. The molecule has 1 N–H and O–H groups in total. The van der Waals surface area contributed by atoms with Gasteiger partial charge in [0.25, 0.3) is 0 Å². The summed E-state index contributed by atoms with van der Waals surface area (Å²) in [5.74, 6) is 0.397. The Morgan fingerprint density at radius 2 is 2.23 bits per heavy atom. The molecule has 2 aliphatic rings. The summed E-state index contributed by atoms with van der Waals surface area (Å²) in [6.45, 7) is 3.19. The molecule has 26 heavy (non-hydrogen) atoms. The van der Waals surface area contributed by atoms with Gasteiger partial charge in [-0.15, -0.1) is 0 Å². The zero-order valence-corrected chi connectivity index (χ0v) is 15.1. The largest absolute Gasteiger partial charge is 0.410 e. The molecule has 3 rings (SSSR count). The molecule has 0 aromatic carbocycles. The van der Waals surface area contributed by atoms with Gasteiger partial charge in [-0.05, 0) is 32.1 Å². The fourth-order valence-corrected chi connectivity index (χ4v) is 3.95. The number of likely N-dealkylation sites (tertiary alicyclic amines) is 1. The number of ether oxygens (including phenoxy) is 1. The second-order valence-corrected chi connectivity index (χ2v) is 7.14. The third-order valence-electron chi connectivity index (χ3n) is 5.24. The number of amides is 1. The van der Waals surface area contributed by atoms with E-state index in [1.54, 1.807) is 25.0 Å². The van der Waals surface area contributed by atoms with Crippen LogP contribution >= 0.6 is 0 Å². The highest BCUT2D eigenvalue weighted by molar-refractivity contribution is 5.76. The number of nitrogens with zero attached hydrogens (tertiary/aromatic N) is 3. The smallest absolute Gasteiger partial charge is 0.384 e. The highest BCUT2D eigenvalue weighted by Gasteiger charge is 2.47. The van der Waals surface area contributed by atoms with Crippen LogP contribution in [0, 0.1) is 12.8 Å². The van der Waals surface area contributed by atoms with E-state index in [0.29, 0.717) is 37.6 Å². The minimum Gasteiger partial charge on any atom is -0.384 e. The molecule has 1 aromatic rings. The first-order valence-electron chi connectivity index (χ1n) is 8.95. The van der Waals surface area contributed by atoms with Crippen LogP contribution in [-0.2, 0) is 9.53 Å². The normalized spacial score (nSPS) is 26.3. The first-order chi connectivity index (χ1) is 12.3. The van der Waals surface area contributed by atoms with Gasteiger partial charge in [0.15, 0.2) is 6.04 Å². The summed E-state index contributed by atoms with van der Waals surface area (Å²) in [4.78, 5) is 14.0. The predicted molar refractivity (Wildman–Crippen MR) is 89.9 cm³/mol. The molecule has 0 radical (unpaired) electrons. The van der Waals surface area contributed by atoms with E-state index in [9.17, 15) is 18.0 Å². The molecule has 1 saturated heterocycles. The predicted octanol–water partition coefficient (Wildman–Crippen LogP) is 2.75. The van der Waals surface area contributed by atoms with E-state index < -0.39 is 12.2 Å². The summed E-state index contributed by atoms with van der Waals surface area (Å²) in [6.07, 6.45) is -2.50. The van der Waals surface area contributed by atoms with Crippen molar-refractivity contribution in [2.45, 2.75) is 50.9 Å². The number of fused-ring (bicyclic) bond motifs is 1. The topological polar surface area (TPSA) is 59.4 Å². The maximum Gasteiger partial charge on any atom is 0.410 e. The van der Waals surface area contributed by atoms with Gasteiger partial charge in [0, 0.05) is 32.3 Å². The van der Waals surface area contributed by atoms with Crippen molar-refractivity contribution in [2.24, 2.45) is 5.92 Å². The lowest BCUT2D eigenvalue weighted by Crippen LogP contribution is -2.49. The van der Waals surface area contributed by atoms with Crippen LogP contribution in [0.3, 0.4) is 0 Å². The number of aromatic nitrogens is 2. The third-order valence-corrected chi connectivity index (χ3v) is 5.24. The number of nitrogens with one attached hydrogen (secondary N) is 1. The lowest BCUT2D eigenvalue weighted by molar-refractivity contribution is -0.175. The molecule has 2 aliphatic heterocycles. The van der Waals surface area contributed by atoms with Crippen molar-refractivity contribution in [1.29, 1.82) is 0 Å². The average molecular weight is 374 g/mol. The highest BCUT2D eigenvalue weighted by Crippen LogP contribution is 2.41. The Morgan fingerprint density at radius 3 is 2.92 bits per heavy atom. The van der Waals surface area contributed by atoms with Crippen LogP contribution in [0.1, 0.15) is 37.4 Å². The minimum absolute atomic E-state index is 0.000571. The maximum absolute atomic E-state index is 13.5. The number of hydrogen-bond acceptors (Lipinski definition) is 4. The van der Waals surface area contributed by atoms with E-state index in [1.807, 2.05) is 0 Å². The molecule has 3 heterocycles. The SMILES string of the molecule is COCCC(=O)N1CCCC([C@@H]2C[C@H](C(F)(F)F)n3nc(C)cc3N2)C1. The van der Waals surface area contributed by atoms with Gasteiger partial charge in [0.05, 0.1) is 18.7 Å². The van der Waals surface area contributed by atoms with Gasteiger partial charge in [0.1, 0.15) is 5.82 Å². The van der Waals surface area contributed by atoms with E-state index in [1.165, 1.54) is 0 Å². The number of anilines is 1. The fraction of sp³-hybridized carbons (Fsp3) is 0.765. The molecule has 0 saturated carbocycles. The Hall–Kier alpha value is -1.77. The van der Waals surface area contributed by atoms with Crippen LogP contribution in [0.5, 0.6) is 0 Å². The van der Waals surface area contributed by atoms with E-state index in [-0.39, 0.29) is 24.3 Å². The zero-order valence-electron chi connectivity index (χ0n) is 15.1. The summed E-state index contributed by atoms with van der Waals surface area (Å²) >= 11 is 0. The summed E-state index contributed by atoms with van der Waals surface area (Å²) in [7, 11) is 1.54. The Balaban J connectivity index is 1.74. The molecule has 0 bridgehead atoms. The molecule has 1 unspecified atom stereocenters. The second kappa shape index (κ2) is 7.46. The van der Waals surface area contributed by atoms with Gasteiger partial charge in [-0.2, -0.15) is 18.3 Å². The Bertz CT molecular complexity index is 646. The lowest BCUT2D eigenvalue weighted by Gasteiger charge is -2.41. The summed E-state index contributed by atoms with van der Waals surface area (Å²) in [6, 6.07) is -0.310. The Kier molecular flexibility index (Phi) is 5.45. The number of carbonyl (C=O) groups excluding carboxylic acids is 1. The fourth-order valence-electron chi connectivity index (χ4n) is 3.95. The highest BCUT2D eigenvalue weighted by atomic mass is 19.4. The van der Waals surface area contributed by atoms with Crippen LogP contribution in [-0.4, -0.2) is 59.6 Å². The van der Waals surface area contributed by atoms with Crippen LogP contribution < -0.4 is 5.32 Å². The summed E-state index contributed by atoms with van der Waals surface area (Å²) < 4.78 is 46.6. The average Bonchev–Trinajstić information content (AvgIpc) is 2.97. The van der Waals surface area contributed by atoms with Crippen LogP contribution in [0.2, 0.25) is 0 Å². The van der Waals surface area contributed by atoms with Crippen LogP contribution in [0.4, 0.5) is 19.0 Å². The van der Waals surface area contributed by atoms with Crippen molar-refractivity contribution in [3.8, 4) is 0 Å². The molecule has 0 spiro atoms. The standard InChI is InChI=1S/C17H25F3N4O2/c1-11-8-15-21-13(9-14(17(18,19)20)24(15)22-11)12-4-3-6-23(10-12)16(25)5-7-26-2/h8,12-14,21H,3-7,9-10H2,1-2H3/t12?,13-,14+/m0/s1. The Labute approximate surface area is 150 Å². The van der Waals surface area contributed by atoms with Gasteiger partial charge >= 0.3 is 6.18 Å². The number of carbonyl (C=O) groups is 1. The minimum atomic E-state index is -4.35. The van der Waals surface area contributed by atoms with Crippen molar-refractivity contribution in [1.82, 2.24) is 14.7 Å². The van der Waals surface area contributed by atoms with Gasteiger partial charge < -0.3 is 15.0 Å². The monoisotopic (exact) mass is 374 g/mol. The number of hydrogen-bond donors (Lipinski definition) is 1. The number of rotatable bonds is 4. The molecule has 1 amide bonds. The molecular formula is C17H25F3N4O2. The van der Waals surface area contributed by atoms with Gasteiger partial charge in [-0.1, -0.05) is 0 Å². The summed E-state index contributed by atoms with van der Waals surface area (Å²) in [5.41, 5.74) is 0.558. The first kappa shape index (κ1) is 19.0. The third kappa shape index (κ3) is 3.97. The molecule has 0 aliphatic carbocycles. The van der Waals surface area contributed by atoms with Gasteiger partial charge in [-0.25, -0.2) is 4.68 Å². The van der Waals surface area contributed by atoms with Crippen molar-refractivity contribution in [3.05, 3.63) is 11.8 Å². The molecule has 146 valence electrons. The summed E-state index contributed by atoms with van der Waals surface area (Å²) in [5, 5.41) is 7.24. The molecule has 1 aromatic heterocycles. The zero-order chi connectivity index (χ0) is 18.9. The lowest BCUT2D eigenvalue weighted by atomic mass is 9.85. The van der Waals surface area contributed by atoms with E-state index in [4.69, 9.17) is 4.74 Å². The van der Waals surface area contributed by atoms with Gasteiger partial charge in [-0.3, -0.25) is 4.79 Å². The van der Waals surface area contributed by atoms with E-state index >= 15 is 0 Å². The number of aryl methyl sites for hydroxylation is 1. The quantitative estimate of drug-likeness (QED) is 0.881. The van der Waals surface area contributed by atoms with E-state index in [2.05, 4.69) is 10.4 Å². The molecular weight excluding hydrogens is 349 g/mol. The van der Waals surface area contributed by atoms with Crippen LogP contribution in [0.25, 0.3) is 0 Å². The second-order valence-electron chi connectivity index (χ2n) is 7.14. The molecule has 6 nitrogen and oxygen atoms in total. The number of halogens is 3. The number of methoxy groups -OCH3 is 1. The molecule has 9 heteroatoms. The number of piperidine rings is 1. The number of alkyl halides is 3. The molecule has 1 fully saturated rings. The van der Waals surface area contributed by atoms with Crippen LogP contribution in [0.15, 0.2) is 6.07 Å². The first-order valence-corrected chi connectivity index (χ1v) is 8.95. The van der Waals surface area contributed by atoms with Crippen molar-refractivity contribution in [2.75, 3.05) is 32.1 Å². The van der Waals surface area contributed by atoms with Crippen molar-refractivity contribution in [3.63, 3.8) is 0 Å². The van der Waals surface area contributed by atoms with E-state index in [0.717, 1.165) is 17.5 Å². The molecule has 3 atom stereocenters. The van der Waals surface area contributed by atoms with Gasteiger partial charge in [0.2, 0.25) is 5.91 Å². The Morgan fingerprint density at radius 1 is 1.46 bits per heavy atom. The van der Waals surface area contributed by atoms with Crippen molar-refractivity contribution >= 4 is 11.7 Å². The van der Waals surface area contributed by atoms with Crippen molar-refractivity contribution < 1.29 is 22.7 Å².